The van der Waals surface area contributed by atoms with Gasteiger partial charge in [0.25, 0.3) is 0 Å². The predicted octanol–water partition coefficient (Wildman–Crippen LogP) is 2.16. The van der Waals surface area contributed by atoms with Crippen molar-refractivity contribution in [3.8, 4) is 5.75 Å². The molecular weight excluding hydrogens is 306 g/mol. The van der Waals surface area contributed by atoms with E-state index in [0.717, 1.165) is 64.2 Å². The molecule has 6 heteroatoms. The molecule has 4 heterocycles. The molecule has 3 aliphatic heterocycles. The van der Waals surface area contributed by atoms with Crippen molar-refractivity contribution in [3.05, 3.63) is 24.5 Å². The summed E-state index contributed by atoms with van der Waals surface area (Å²) in [5.41, 5.74) is -0.131. The molecule has 0 aromatic carbocycles. The van der Waals surface area contributed by atoms with E-state index in [9.17, 15) is 4.79 Å². The van der Waals surface area contributed by atoms with Crippen LogP contribution in [0.15, 0.2) is 24.5 Å². The van der Waals surface area contributed by atoms with Crippen molar-refractivity contribution in [2.75, 3.05) is 39.4 Å². The van der Waals surface area contributed by atoms with Crippen LogP contribution in [0.25, 0.3) is 0 Å². The highest BCUT2D eigenvalue weighted by Crippen LogP contribution is 2.42. The van der Waals surface area contributed by atoms with Gasteiger partial charge < -0.3 is 19.3 Å². The largest absolute Gasteiger partial charge is 0.492 e. The van der Waals surface area contributed by atoms with Crippen molar-refractivity contribution in [1.82, 2.24) is 14.8 Å². The van der Waals surface area contributed by atoms with E-state index >= 15 is 0 Å². The Labute approximate surface area is 142 Å². The highest BCUT2D eigenvalue weighted by Gasteiger charge is 2.54. The van der Waals surface area contributed by atoms with Gasteiger partial charge in [-0.3, -0.25) is 4.98 Å². The standard InChI is InChI=1S/C18H25N3O3/c22-17(20-8-1-2-9-20)21-13-18(14-21)15(6-11-24-18)5-10-23-16-4-3-7-19-12-16/h3-4,7,12,15H,1-2,5-6,8-11,13-14H2/t15-/m0/s1. The lowest BCUT2D eigenvalue weighted by molar-refractivity contribution is -0.119. The molecule has 1 spiro atoms. The number of amides is 2. The number of likely N-dealkylation sites (tertiary alicyclic amines) is 2. The number of aromatic nitrogens is 1. The quantitative estimate of drug-likeness (QED) is 0.848. The first-order chi connectivity index (χ1) is 11.8. The fraction of sp³-hybridized carbons (Fsp3) is 0.667. The van der Waals surface area contributed by atoms with Crippen LogP contribution in [-0.2, 0) is 4.74 Å². The summed E-state index contributed by atoms with van der Waals surface area (Å²) in [6.45, 7) is 4.75. The molecule has 0 bridgehead atoms. The minimum absolute atomic E-state index is 0.131. The number of carbonyl (C=O) groups excluding carboxylic acids is 1. The molecule has 0 saturated carbocycles. The van der Waals surface area contributed by atoms with Gasteiger partial charge in [0, 0.05) is 25.9 Å². The van der Waals surface area contributed by atoms with Crippen LogP contribution in [0.5, 0.6) is 5.75 Å². The Morgan fingerprint density at radius 2 is 2.17 bits per heavy atom. The fourth-order valence-electron chi connectivity index (χ4n) is 4.14. The third-order valence-electron chi connectivity index (χ3n) is 5.53. The molecular formula is C18H25N3O3. The molecule has 6 nitrogen and oxygen atoms in total. The maximum Gasteiger partial charge on any atom is 0.320 e. The lowest BCUT2D eigenvalue weighted by Crippen LogP contribution is -2.67. The smallest absolute Gasteiger partial charge is 0.320 e. The summed E-state index contributed by atoms with van der Waals surface area (Å²) in [5.74, 6) is 1.28. The van der Waals surface area contributed by atoms with Crippen molar-refractivity contribution in [2.45, 2.75) is 31.3 Å². The molecule has 0 radical (unpaired) electrons. The van der Waals surface area contributed by atoms with Crippen LogP contribution >= 0.6 is 0 Å². The zero-order valence-electron chi connectivity index (χ0n) is 14.0. The second-order valence-corrected chi connectivity index (χ2v) is 7.06. The fourth-order valence-corrected chi connectivity index (χ4v) is 4.14. The van der Waals surface area contributed by atoms with Crippen LogP contribution in [-0.4, -0.2) is 65.8 Å². The van der Waals surface area contributed by atoms with Crippen LogP contribution in [0.1, 0.15) is 25.7 Å². The molecule has 1 aromatic rings. The Balaban J connectivity index is 1.27. The Morgan fingerprint density at radius 1 is 1.33 bits per heavy atom. The normalized spacial score (nSPS) is 25.1. The van der Waals surface area contributed by atoms with Crippen molar-refractivity contribution >= 4 is 6.03 Å². The van der Waals surface area contributed by atoms with E-state index in [4.69, 9.17) is 9.47 Å². The highest BCUT2D eigenvalue weighted by atomic mass is 16.5. The Hall–Kier alpha value is -1.82. The summed E-state index contributed by atoms with van der Waals surface area (Å²) in [7, 11) is 0. The molecule has 0 unspecified atom stereocenters. The lowest BCUT2D eigenvalue weighted by Gasteiger charge is -2.51. The molecule has 3 fully saturated rings. The van der Waals surface area contributed by atoms with Crippen LogP contribution < -0.4 is 4.74 Å². The number of urea groups is 1. The Kier molecular flexibility index (Phi) is 4.31. The molecule has 1 aromatic heterocycles. The summed E-state index contributed by atoms with van der Waals surface area (Å²) in [6, 6.07) is 4.00. The Bertz CT molecular complexity index is 568. The molecule has 2 amide bonds. The minimum atomic E-state index is -0.131. The number of hydrogen-bond donors (Lipinski definition) is 0. The summed E-state index contributed by atoms with van der Waals surface area (Å²) < 4.78 is 11.8. The molecule has 0 aliphatic carbocycles. The number of hydrogen-bond acceptors (Lipinski definition) is 4. The first-order valence-corrected chi connectivity index (χ1v) is 8.97. The van der Waals surface area contributed by atoms with Crippen LogP contribution in [0.3, 0.4) is 0 Å². The van der Waals surface area contributed by atoms with Gasteiger partial charge in [0.1, 0.15) is 11.4 Å². The van der Waals surface area contributed by atoms with E-state index < -0.39 is 0 Å². The molecule has 4 rings (SSSR count). The van der Waals surface area contributed by atoms with Crippen LogP contribution in [0.4, 0.5) is 4.79 Å². The summed E-state index contributed by atoms with van der Waals surface area (Å²) in [6.07, 6.45) is 7.77. The maximum atomic E-state index is 12.4. The average molecular weight is 331 g/mol. The van der Waals surface area contributed by atoms with E-state index in [0.29, 0.717) is 12.5 Å². The zero-order chi connectivity index (χ0) is 16.4. The SMILES string of the molecule is O=C(N1CCCC1)N1CC2(C1)OCC[C@@H]2CCOc1cccnc1. The molecule has 1 atom stereocenters. The third-order valence-corrected chi connectivity index (χ3v) is 5.53. The number of rotatable bonds is 4. The van der Waals surface area contributed by atoms with Crippen molar-refractivity contribution in [1.29, 1.82) is 0 Å². The molecule has 3 aliphatic rings. The van der Waals surface area contributed by atoms with E-state index in [2.05, 4.69) is 4.98 Å². The summed E-state index contributed by atoms with van der Waals surface area (Å²) in [4.78, 5) is 20.4. The van der Waals surface area contributed by atoms with Crippen LogP contribution in [0.2, 0.25) is 0 Å². The van der Waals surface area contributed by atoms with E-state index in [1.807, 2.05) is 21.9 Å². The van der Waals surface area contributed by atoms with Gasteiger partial charge in [-0.2, -0.15) is 0 Å². The summed E-state index contributed by atoms with van der Waals surface area (Å²) >= 11 is 0. The Morgan fingerprint density at radius 3 is 2.92 bits per heavy atom. The zero-order valence-corrected chi connectivity index (χ0v) is 14.0. The third kappa shape index (κ3) is 2.95. The van der Waals surface area contributed by atoms with Gasteiger partial charge in [0.15, 0.2) is 0 Å². The molecule has 24 heavy (non-hydrogen) atoms. The lowest BCUT2D eigenvalue weighted by atomic mass is 9.79. The molecule has 3 saturated heterocycles. The van der Waals surface area contributed by atoms with Gasteiger partial charge in [0.2, 0.25) is 0 Å². The second kappa shape index (κ2) is 6.59. The van der Waals surface area contributed by atoms with Crippen molar-refractivity contribution < 1.29 is 14.3 Å². The number of carbonyl (C=O) groups is 1. The first kappa shape index (κ1) is 15.7. The maximum absolute atomic E-state index is 12.4. The summed E-state index contributed by atoms with van der Waals surface area (Å²) in [5, 5.41) is 0. The van der Waals surface area contributed by atoms with Crippen molar-refractivity contribution in [3.63, 3.8) is 0 Å². The van der Waals surface area contributed by atoms with Gasteiger partial charge in [-0.25, -0.2) is 4.79 Å². The minimum Gasteiger partial charge on any atom is -0.492 e. The first-order valence-electron chi connectivity index (χ1n) is 8.97. The predicted molar refractivity (Wildman–Crippen MR) is 88.9 cm³/mol. The number of pyridine rings is 1. The van der Waals surface area contributed by atoms with Gasteiger partial charge in [-0.1, -0.05) is 0 Å². The number of ether oxygens (including phenoxy) is 2. The van der Waals surface area contributed by atoms with Gasteiger partial charge >= 0.3 is 6.03 Å². The van der Waals surface area contributed by atoms with E-state index in [-0.39, 0.29) is 11.6 Å². The van der Waals surface area contributed by atoms with E-state index in [1.165, 1.54) is 0 Å². The van der Waals surface area contributed by atoms with Gasteiger partial charge in [-0.05, 0) is 43.7 Å². The van der Waals surface area contributed by atoms with Gasteiger partial charge in [-0.15, -0.1) is 0 Å². The monoisotopic (exact) mass is 331 g/mol. The second-order valence-electron chi connectivity index (χ2n) is 7.06. The highest BCUT2D eigenvalue weighted by molar-refractivity contribution is 5.76. The van der Waals surface area contributed by atoms with Crippen molar-refractivity contribution in [2.24, 2.45) is 5.92 Å². The number of nitrogens with zero attached hydrogens (tertiary/aromatic N) is 3. The molecule has 0 N–H and O–H groups in total. The molecule has 130 valence electrons. The van der Waals surface area contributed by atoms with Crippen LogP contribution in [0, 0.1) is 5.92 Å². The van der Waals surface area contributed by atoms with E-state index in [1.54, 1.807) is 12.4 Å². The average Bonchev–Trinajstić information content (AvgIpc) is 3.24. The topological polar surface area (TPSA) is 54.9 Å². The van der Waals surface area contributed by atoms with Gasteiger partial charge in [0.05, 0.1) is 25.9 Å².